The van der Waals surface area contributed by atoms with Gasteiger partial charge in [-0.15, -0.1) is 4.99 Å². The van der Waals surface area contributed by atoms with Crippen LogP contribution < -0.4 is 5.32 Å². The van der Waals surface area contributed by atoms with Gasteiger partial charge in [-0.1, -0.05) is 41.5 Å². The second-order valence-corrected chi connectivity index (χ2v) is 8.54. The molecule has 1 aromatic rings. The van der Waals surface area contributed by atoms with Gasteiger partial charge in [0.15, 0.2) is 0 Å². The molecule has 1 fully saturated rings. The lowest BCUT2D eigenvalue weighted by Crippen LogP contribution is -2.26. The maximum absolute atomic E-state index is 12.2. The minimum absolute atomic E-state index is 0.203. The van der Waals surface area contributed by atoms with Crippen LogP contribution in [0.15, 0.2) is 22.8 Å². The highest BCUT2D eigenvalue weighted by Gasteiger charge is 2.30. The van der Waals surface area contributed by atoms with E-state index >= 15 is 0 Å². The molecule has 0 atom stereocenters. The first kappa shape index (κ1) is 19.5. The van der Waals surface area contributed by atoms with Crippen LogP contribution in [0.4, 0.5) is 0 Å². The van der Waals surface area contributed by atoms with Gasteiger partial charge in [-0.05, 0) is 34.6 Å². The van der Waals surface area contributed by atoms with Gasteiger partial charge < -0.3 is 10.0 Å². The minimum Gasteiger partial charge on any atom is -0.507 e. The Hall–Kier alpha value is -2.81. The Morgan fingerprint density at radius 2 is 1.65 bits per heavy atom. The summed E-state index contributed by atoms with van der Waals surface area (Å²) in [5.41, 5.74) is 2.34. The Morgan fingerprint density at radius 1 is 1.15 bits per heavy atom. The molecule has 1 amide bonds. The van der Waals surface area contributed by atoms with Crippen molar-refractivity contribution in [2.24, 2.45) is 4.99 Å². The fourth-order valence-electron chi connectivity index (χ4n) is 2.87. The monoisotopic (exact) mass is 354 g/mol. The molecule has 0 saturated carbocycles. The van der Waals surface area contributed by atoms with Gasteiger partial charge >= 0.3 is 0 Å². The number of nitriles is 1. The average molecular weight is 354 g/mol. The second-order valence-electron chi connectivity index (χ2n) is 8.54. The molecule has 2 N–H and O–H groups in total. The van der Waals surface area contributed by atoms with Crippen molar-refractivity contribution in [1.29, 1.82) is 5.26 Å². The van der Waals surface area contributed by atoms with Crippen LogP contribution in [-0.2, 0) is 15.6 Å². The van der Waals surface area contributed by atoms with Crippen molar-refractivity contribution >= 4 is 17.9 Å². The number of carbonyl (C=O) groups excluding carboxylic acids is 1. The van der Waals surface area contributed by atoms with Crippen molar-refractivity contribution in [3.05, 3.63) is 34.5 Å². The molecule has 0 bridgehead atoms. The largest absolute Gasteiger partial charge is 0.507 e. The number of rotatable bonds is 1. The summed E-state index contributed by atoms with van der Waals surface area (Å²) in [6, 6.07) is 3.80. The van der Waals surface area contributed by atoms with E-state index in [1.165, 1.54) is 0 Å². The highest BCUT2D eigenvalue weighted by atomic mass is 16.3. The number of carbonyl (C=O) groups is 1. The molecule has 1 saturated heterocycles. The van der Waals surface area contributed by atoms with E-state index < -0.39 is 0 Å². The number of nitrogens with one attached hydrogen (secondary N) is 1. The van der Waals surface area contributed by atoms with Crippen molar-refractivity contribution in [3.63, 3.8) is 0 Å². The molecule has 1 aliphatic rings. The summed E-state index contributed by atoms with van der Waals surface area (Å²) in [5.74, 6) is 0.182. The molecule has 138 valence electrons. The first-order valence-electron chi connectivity index (χ1n) is 8.48. The predicted molar refractivity (Wildman–Crippen MR) is 102 cm³/mol. The van der Waals surface area contributed by atoms with Crippen LogP contribution in [0.2, 0.25) is 0 Å². The van der Waals surface area contributed by atoms with Crippen molar-refractivity contribution in [2.75, 3.05) is 7.05 Å². The lowest BCUT2D eigenvalue weighted by Gasteiger charge is -2.28. The van der Waals surface area contributed by atoms with Gasteiger partial charge in [0.2, 0.25) is 12.2 Å². The van der Waals surface area contributed by atoms with Gasteiger partial charge in [-0.25, -0.2) is 0 Å². The van der Waals surface area contributed by atoms with E-state index in [-0.39, 0.29) is 22.7 Å². The molecule has 2 rings (SSSR count). The molecular weight excluding hydrogens is 328 g/mol. The molecule has 26 heavy (non-hydrogen) atoms. The van der Waals surface area contributed by atoms with E-state index in [1.807, 2.05) is 53.7 Å². The Morgan fingerprint density at radius 3 is 2.08 bits per heavy atom. The van der Waals surface area contributed by atoms with Gasteiger partial charge in [-0.3, -0.25) is 10.1 Å². The molecule has 1 heterocycles. The molecule has 0 radical (unpaired) electrons. The summed E-state index contributed by atoms with van der Waals surface area (Å²) in [6.07, 6.45) is 3.43. The molecule has 0 aliphatic carbocycles. The summed E-state index contributed by atoms with van der Waals surface area (Å²) < 4.78 is 0. The summed E-state index contributed by atoms with van der Waals surface area (Å²) in [6.45, 7) is 12.2. The lowest BCUT2D eigenvalue weighted by molar-refractivity contribution is -0.115. The number of phenols is 1. The van der Waals surface area contributed by atoms with E-state index in [9.17, 15) is 9.90 Å². The fourth-order valence-corrected chi connectivity index (χ4v) is 2.87. The number of hydrogen-bond acceptors (Lipinski definition) is 4. The van der Waals surface area contributed by atoms with E-state index in [0.717, 1.165) is 16.7 Å². The first-order chi connectivity index (χ1) is 11.9. The van der Waals surface area contributed by atoms with Gasteiger partial charge in [0.05, 0.1) is 0 Å². The van der Waals surface area contributed by atoms with E-state index in [1.54, 1.807) is 24.2 Å². The quantitative estimate of drug-likeness (QED) is 0.598. The maximum Gasteiger partial charge on any atom is 0.274 e. The van der Waals surface area contributed by atoms with Crippen LogP contribution in [0.5, 0.6) is 5.75 Å². The van der Waals surface area contributed by atoms with Crippen molar-refractivity contribution in [2.45, 2.75) is 52.4 Å². The Balaban J connectivity index is 2.66. The van der Waals surface area contributed by atoms with Crippen molar-refractivity contribution < 1.29 is 9.90 Å². The Labute approximate surface area is 154 Å². The highest BCUT2D eigenvalue weighted by molar-refractivity contribution is 6.15. The average Bonchev–Trinajstić information content (AvgIpc) is 2.74. The van der Waals surface area contributed by atoms with Crippen molar-refractivity contribution in [1.82, 2.24) is 10.2 Å². The topological polar surface area (TPSA) is 88.7 Å². The number of benzene rings is 1. The maximum atomic E-state index is 12.2. The molecule has 6 heteroatoms. The predicted octanol–water partition coefficient (Wildman–Crippen LogP) is 3.23. The fraction of sp³-hybridized carbons (Fsp3) is 0.450. The number of likely N-dealkylation sites (N-methyl/N-ethyl adjacent to an activating group) is 1. The molecule has 0 unspecified atom stereocenters. The third kappa shape index (κ3) is 3.72. The number of aliphatic imine (C=N–C) groups is 1. The molecular formula is C20H26N4O2. The van der Waals surface area contributed by atoms with Crippen LogP contribution in [0.3, 0.4) is 0 Å². The SMILES string of the molecule is CN1C(=Cc2cc(C(C)(C)C)c(O)c(C(C)(C)C)c2)C(=O)NC1=NC#N. The van der Waals surface area contributed by atoms with Gasteiger partial charge in [-0.2, -0.15) is 5.26 Å². The standard InChI is InChI=1S/C20H26N4O2/c1-19(2,3)13-8-12(9-14(16(13)25)20(4,5)6)10-15-17(26)23-18(22-11-21)24(15)7/h8-10,25H,1-7H3,(H,22,23,26). The van der Waals surface area contributed by atoms with E-state index in [4.69, 9.17) is 5.26 Å². The normalized spacial score (nSPS) is 18.4. The minimum atomic E-state index is -0.316. The molecule has 1 aromatic carbocycles. The van der Waals surface area contributed by atoms with Gasteiger partial charge in [0, 0.05) is 18.2 Å². The highest BCUT2D eigenvalue weighted by Crippen LogP contribution is 2.40. The number of guanidine groups is 1. The van der Waals surface area contributed by atoms with E-state index in [2.05, 4.69) is 10.3 Å². The zero-order valence-corrected chi connectivity index (χ0v) is 16.4. The summed E-state index contributed by atoms with van der Waals surface area (Å²) >= 11 is 0. The van der Waals surface area contributed by atoms with Crippen LogP contribution in [0, 0.1) is 11.5 Å². The Kier molecular flexibility index (Phi) is 4.87. The summed E-state index contributed by atoms with van der Waals surface area (Å²) in [7, 11) is 1.68. The second kappa shape index (κ2) is 6.49. The first-order valence-corrected chi connectivity index (χ1v) is 8.48. The number of hydrogen-bond donors (Lipinski definition) is 2. The number of phenolic OH excluding ortho intramolecular Hbond substituents is 1. The number of aromatic hydroxyl groups is 1. The smallest absolute Gasteiger partial charge is 0.274 e. The molecule has 0 aromatic heterocycles. The van der Waals surface area contributed by atoms with Gasteiger partial charge in [0.25, 0.3) is 5.91 Å². The lowest BCUT2D eigenvalue weighted by atomic mass is 9.78. The van der Waals surface area contributed by atoms with Crippen LogP contribution in [0.25, 0.3) is 6.08 Å². The summed E-state index contributed by atoms with van der Waals surface area (Å²) in [4.78, 5) is 17.4. The molecule has 6 nitrogen and oxygen atoms in total. The van der Waals surface area contributed by atoms with E-state index in [0.29, 0.717) is 11.4 Å². The summed E-state index contributed by atoms with van der Waals surface area (Å²) in [5, 5.41) is 22.1. The third-order valence-corrected chi connectivity index (χ3v) is 4.34. The van der Waals surface area contributed by atoms with Crippen LogP contribution >= 0.6 is 0 Å². The van der Waals surface area contributed by atoms with Crippen molar-refractivity contribution in [3.8, 4) is 11.9 Å². The molecule has 0 spiro atoms. The zero-order valence-electron chi connectivity index (χ0n) is 16.4. The number of nitrogens with zero attached hydrogens (tertiary/aromatic N) is 3. The third-order valence-electron chi connectivity index (χ3n) is 4.34. The van der Waals surface area contributed by atoms with Crippen LogP contribution in [0.1, 0.15) is 58.2 Å². The zero-order chi connectivity index (χ0) is 19.9. The number of amides is 1. The van der Waals surface area contributed by atoms with Crippen LogP contribution in [-0.4, -0.2) is 28.9 Å². The van der Waals surface area contributed by atoms with Gasteiger partial charge in [0.1, 0.15) is 11.4 Å². The molecule has 1 aliphatic heterocycles. The Bertz CT molecular complexity index is 811.